The summed E-state index contributed by atoms with van der Waals surface area (Å²) in [5, 5.41) is 0. The fourth-order valence-electron chi connectivity index (χ4n) is 2.60. The highest BCUT2D eigenvalue weighted by Crippen LogP contribution is 2.23. The van der Waals surface area contributed by atoms with Crippen molar-refractivity contribution < 1.29 is 14.3 Å². The molecule has 2 rings (SSSR count). The summed E-state index contributed by atoms with van der Waals surface area (Å²) < 4.78 is 11.1. The van der Waals surface area contributed by atoms with E-state index in [1.165, 1.54) is 19.3 Å². The van der Waals surface area contributed by atoms with Gasteiger partial charge in [0.25, 0.3) is 0 Å². The van der Waals surface area contributed by atoms with E-state index in [1.807, 2.05) is 62.4 Å². The van der Waals surface area contributed by atoms with Gasteiger partial charge in [0.15, 0.2) is 0 Å². The summed E-state index contributed by atoms with van der Waals surface area (Å²) in [5.74, 6) is 0.636. The summed E-state index contributed by atoms with van der Waals surface area (Å²) in [6.45, 7) is 6.88. The average Bonchev–Trinajstić information content (AvgIpc) is 2.68. The molecule has 26 heavy (non-hydrogen) atoms. The minimum atomic E-state index is -0.266. The molecule has 0 N–H and O–H groups in total. The van der Waals surface area contributed by atoms with Crippen molar-refractivity contribution in [3.8, 4) is 16.9 Å². The van der Waals surface area contributed by atoms with Crippen LogP contribution in [-0.4, -0.2) is 18.7 Å². The van der Waals surface area contributed by atoms with Gasteiger partial charge in [-0.05, 0) is 55.2 Å². The number of esters is 1. The van der Waals surface area contributed by atoms with Gasteiger partial charge in [-0.2, -0.15) is 0 Å². The number of ether oxygens (including phenoxy) is 2. The Morgan fingerprint density at radius 2 is 1.50 bits per heavy atom. The lowest BCUT2D eigenvalue weighted by molar-refractivity contribution is 0.0334. The number of rotatable bonds is 10. The lowest BCUT2D eigenvalue weighted by Gasteiger charge is -2.11. The molecule has 0 fully saturated rings. The predicted molar refractivity (Wildman–Crippen MR) is 107 cm³/mol. The maximum atomic E-state index is 12.0. The van der Waals surface area contributed by atoms with Crippen molar-refractivity contribution in [3.05, 3.63) is 54.1 Å². The Bertz CT molecular complexity index is 659. The van der Waals surface area contributed by atoms with Crippen LogP contribution in [0.4, 0.5) is 0 Å². The Hall–Kier alpha value is -2.29. The largest absolute Gasteiger partial charge is 0.494 e. The van der Waals surface area contributed by atoms with Crippen LogP contribution in [-0.2, 0) is 4.74 Å². The zero-order chi connectivity index (χ0) is 18.8. The number of hydrogen-bond donors (Lipinski definition) is 0. The molecule has 1 atom stereocenters. The summed E-state index contributed by atoms with van der Waals surface area (Å²) in [7, 11) is 0. The zero-order valence-electron chi connectivity index (χ0n) is 16.2. The van der Waals surface area contributed by atoms with Gasteiger partial charge in [-0.1, -0.05) is 57.4 Å². The number of carbonyl (C=O) groups excluding carboxylic acids is 1. The second-order valence-corrected chi connectivity index (χ2v) is 6.64. The second kappa shape index (κ2) is 10.6. The van der Waals surface area contributed by atoms with Gasteiger partial charge in [0, 0.05) is 0 Å². The van der Waals surface area contributed by atoms with Crippen LogP contribution in [0.1, 0.15) is 63.2 Å². The normalized spacial score (nSPS) is 11.8. The predicted octanol–water partition coefficient (Wildman–Crippen LogP) is 6.27. The zero-order valence-corrected chi connectivity index (χ0v) is 16.2. The SMILES string of the molecule is CCCCCCOc1ccc(-c2ccc(C(=O)OC(C)CC)cc2)cc1. The van der Waals surface area contributed by atoms with E-state index in [9.17, 15) is 4.79 Å². The van der Waals surface area contributed by atoms with E-state index in [1.54, 1.807) is 0 Å². The van der Waals surface area contributed by atoms with Crippen molar-refractivity contribution in [3.63, 3.8) is 0 Å². The molecule has 0 saturated carbocycles. The first-order valence-electron chi connectivity index (χ1n) is 9.68. The van der Waals surface area contributed by atoms with Crippen molar-refractivity contribution in [1.29, 1.82) is 0 Å². The third kappa shape index (κ3) is 6.21. The third-order valence-corrected chi connectivity index (χ3v) is 4.46. The summed E-state index contributed by atoms with van der Waals surface area (Å²) in [6, 6.07) is 15.6. The third-order valence-electron chi connectivity index (χ3n) is 4.46. The molecule has 2 aromatic carbocycles. The standard InChI is InChI=1S/C23H30O3/c1-4-6-7-8-17-25-22-15-13-20(14-16-22)19-9-11-21(12-10-19)23(24)26-18(3)5-2/h9-16,18H,4-8,17H2,1-3H3. The summed E-state index contributed by atoms with van der Waals surface area (Å²) in [5.41, 5.74) is 2.76. The first kappa shape index (κ1) is 20.0. The van der Waals surface area contributed by atoms with Crippen LogP contribution in [0, 0.1) is 0 Å². The van der Waals surface area contributed by atoms with Gasteiger partial charge in [0.05, 0.1) is 18.3 Å². The molecule has 0 radical (unpaired) electrons. The molecule has 3 nitrogen and oxygen atoms in total. The molecule has 0 heterocycles. The van der Waals surface area contributed by atoms with E-state index < -0.39 is 0 Å². The molecular weight excluding hydrogens is 324 g/mol. The molecule has 2 aromatic rings. The van der Waals surface area contributed by atoms with Crippen LogP contribution in [0.15, 0.2) is 48.5 Å². The molecule has 0 aliphatic carbocycles. The molecule has 0 bridgehead atoms. The molecule has 0 aliphatic heterocycles. The smallest absolute Gasteiger partial charge is 0.338 e. The van der Waals surface area contributed by atoms with Crippen molar-refractivity contribution >= 4 is 5.97 Å². The lowest BCUT2D eigenvalue weighted by Crippen LogP contribution is -2.13. The molecule has 1 unspecified atom stereocenters. The van der Waals surface area contributed by atoms with E-state index in [2.05, 4.69) is 6.92 Å². The van der Waals surface area contributed by atoms with Crippen molar-refractivity contribution in [2.24, 2.45) is 0 Å². The number of unbranched alkanes of at least 4 members (excludes halogenated alkanes) is 3. The molecule has 3 heteroatoms. The van der Waals surface area contributed by atoms with Crippen molar-refractivity contribution in [2.45, 2.75) is 59.0 Å². The first-order chi connectivity index (χ1) is 12.6. The van der Waals surface area contributed by atoms with Crippen LogP contribution >= 0.6 is 0 Å². The van der Waals surface area contributed by atoms with Gasteiger partial charge < -0.3 is 9.47 Å². The molecule has 0 spiro atoms. The monoisotopic (exact) mass is 354 g/mol. The highest BCUT2D eigenvalue weighted by Gasteiger charge is 2.10. The van der Waals surface area contributed by atoms with Gasteiger partial charge in [-0.25, -0.2) is 4.79 Å². The summed E-state index contributed by atoms with van der Waals surface area (Å²) >= 11 is 0. The molecule has 0 amide bonds. The molecular formula is C23H30O3. The Morgan fingerprint density at radius 1 is 0.885 bits per heavy atom. The molecule has 140 valence electrons. The topological polar surface area (TPSA) is 35.5 Å². The fourth-order valence-corrected chi connectivity index (χ4v) is 2.60. The van der Waals surface area contributed by atoms with Crippen LogP contribution in [0.2, 0.25) is 0 Å². The maximum Gasteiger partial charge on any atom is 0.338 e. The van der Waals surface area contributed by atoms with E-state index in [0.717, 1.165) is 36.3 Å². The highest BCUT2D eigenvalue weighted by molar-refractivity contribution is 5.90. The van der Waals surface area contributed by atoms with Crippen LogP contribution < -0.4 is 4.74 Å². The van der Waals surface area contributed by atoms with E-state index in [-0.39, 0.29) is 12.1 Å². The summed E-state index contributed by atoms with van der Waals surface area (Å²) in [6.07, 6.45) is 5.59. The van der Waals surface area contributed by atoms with Crippen molar-refractivity contribution in [2.75, 3.05) is 6.61 Å². The lowest BCUT2D eigenvalue weighted by atomic mass is 10.0. The first-order valence-corrected chi connectivity index (χ1v) is 9.68. The second-order valence-electron chi connectivity index (χ2n) is 6.64. The molecule has 0 aliphatic rings. The Balaban J connectivity index is 1.91. The van der Waals surface area contributed by atoms with Gasteiger partial charge in [-0.3, -0.25) is 0 Å². The molecule has 0 saturated heterocycles. The highest BCUT2D eigenvalue weighted by atomic mass is 16.5. The Morgan fingerprint density at radius 3 is 2.08 bits per heavy atom. The van der Waals surface area contributed by atoms with E-state index in [0.29, 0.717) is 5.56 Å². The van der Waals surface area contributed by atoms with Crippen LogP contribution in [0.5, 0.6) is 5.75 Å². The van der Waals surface area contributed by atoms with Gasteiger partial charge in [0.1, 0.15) is 5.75 Å². The van der Waals surface area contributed by atoms with E-state index >= 15 is 0 Å². The fraction of sp³-hybridized carbons (Fsp3) is 0.435. The number of benzene rings is 2. The van der Waals surface area contributed by atoms with Crippen molar-refractivity contribution in [1.82, 2.24) is 0 Å². The van der Waals surface area contributed by atoms with E-state index in [4.69, 9.17) is 9.47 Å². The number of carbonyl (C=O) groups is 1. The summed E-state index contributed by atoms with van der Waals surface area (Å²) in [4.78, 5) is 12.0. The van der Waals surface area contributed by atoms with Gasteiger partial charge >= 0.3 is 5.97 Å². The minimum Gasteiger partial charge on any atom is -0.494 e. The minimum absolute atomic E-state index is 0.0586. The van der Waals surface area contributed by atoms with Crippen LogP contribution in [0.3, 0.4) is 0 Å². The van der Waals surface area contributed by atoms with Gasteiger partial charge in [0.2, 0.25) is 0 Å². The maximum absolute atomic E-state index is 12.0. The van der Waals surface area contributed by atoms with Crippen LogP contribution in [0.25, 0.3) is 11.1 Å². The Labute approximate surface area is 157 Å². The van der Waals surface area contributed by atoms with Gasteiger partial charge in [-0.15, -0.1) is 0 Å². The number of hydrogen-bond acceptors (Lipinski definition) is 3. The molecule has 0 aromatic heterocycles. The average molecular weight is 354 g/mol. The quantitative estimate of drug-likeness (QED) is 0.373. The Kier molecular flexibility index (Phi) is 8.20.